The number of esters is 1. The summed E-state index contributed by atoms with van der Waals surface area (Å²) in [5, 5.41) is 12.3. The van der Waals surface area contributed by atoms with Crippen molar-refractivity contribution in [2.75, 3.05) is 30.8 Å². The van der Waals surface area contributed by atoms with Crippen molar-refractivity contribution in [3.05, 3.63) is 35.9 Å². The van der Waals surface area contributed by atoms with E-state index in [1.807, 2.05) is 42.2 Å². The Morgan fingerprint density at radius 2 is 2.00 bits per heavy atom. The smallest absolute Gasteiger partial charge is 0.309 e. The fraction of sp³-hybridized carbons (Fsp3) is 0.474. The SMILES string of the molecule is CCOC(=O)C1CCN(C(=O)CSc2nnc(NCc3ccccc3)s2)CC1. The number of anilines is 1. The minimum absolute atomic E-state index is 0.0707. The molecule has 7 nitrogen and oxygen atoms in total. The molecule has 3 rings (SSSR count). The van der Waals surface area contributed by atoms with Crippen molar-refractivity contribution in [2.45, 2.75) is 30.6 Å². The highest BCUT2D eigenvalue weighted by atomic mass is 32.2. The molecule has 1 fully saturated rings. The van der Waals surface area contributed by atoms with Crippen LogP contribution in [0.4, 0.5) is 5.13 Å². The molecule has 1 amide bonds. The third-order valence-corrected chi connectivity index (χ3v) is 6.48. The number of hydrogen-bond donors (Lipinski definition) is 1. The van der Waals surface area contributed by atoms with Crippen molar-refractivity contribution in [3.8, 4) is 0 Å². The maximum atomic E-state index is 12.4. The summed E-state index contributed by atoms with van der Waals surface area (Å²) in [4.78, 5) is 26.0. The fourth-order valence-electron chi connectivity index (χ4n) is 2.95. The molecule has 1 aliphatic rings. The average Bonchev–Trinajstić information content (AvgIpc) is 3.19. The molecule has 9 heteroatoms. The average molecular weight is 421 g/mol. The topological polar surface area (TPSA) is 84.4 Å². The largest absolute Gasteiger partial charge is 0.466 e. The number of nitrogens with zero attached hydrogens (tertiary/aromatic N) is 3. The summed E-state index contributed by atoms with van der Waals surface area (Å²) in [5.74, 6) is 0.171. The Bertz CT molecular complexity index is 776. The molecule has 2 heterocycles. The van der Waals surface area contributed by atoms with E-state index in [9.17, 15) is 9.59 Å². The maximum Gasteiger partial charge on any atom is 0.309 e. The van der Waals surface area contributed by atoms with Crippen LogP contribution in [0.5, 0.6) is 0 Å². The lowest BCUT2D eigenvalue weighted by molar-refractivity contribution is -0.151. The van der Waals surface area contributed by atoms with E-state index in [0.29, 0.717) is 44.8 Å². The minimum atomic E-state index is -0.145. The summed E-state index contributed by atoms with van der Waals surface area (Å²) in [5.41, 5.74) is 1.17. The Balaban J connectivity index is 1.39. The molecule has 0 atom stereocenters. The van der Waals surface area contributed by atoms with Gasteiger partial charge in [-0.25, -0.2) is 0 Å². The van der Waals surface area contributed by atoms with E-state index in [1.165, 1.54) is 28.7 Å². The Labute approximate surface area is 172 Å². The lowest BCUT2D eigenvalue weighted by Gasteiger charge is -2.30. The van der Waals surface area contributed by atoms with Gasteiger partial charge in [0.05, 0.1) is 18.3 Å². The Morgan fingerprint density at radius 3 is 2.71 bits per heavy atom. The van der Waals surface area contributed by atoms with Gasteiger partial charge in [0.2, 0.25) is 11.0 Å². The molecule has 0 saturated carbocycles. The standard InChI is InChI=1S/C19H24N4O3S2/c1-2-26-17(25)15-8-10-23(11-9-15)16(24)13-27-19-22-21-18(28-19)20-12-14-6-4-3-5-7-14/h3-7,15H,2,8-13H2,1H3,(H,20,21). The molecule has 0 aliphatic carbocycles. The van der Waals surface area contributed by atoms with Crippen LogP contribution in [0.25, 0.3) is 0 Å². The Hall–Kier alpha value is -2.13. The summed E-state index contributed by atoms with van der Waals surface area (Å²) in [6.45, 7) is 4.10. The number of hydrogen-bond acceptors (Lipinski definition) is 8. The Kier molecular flexibility index (Phi) is 7.67. The highest BCUT2D eigenvalue weighted by Gasteiger charge is 2.28. The third-order valence-electron chi connectivity index (χ3n) is 4.48. The van der Waals surface area contributed by atoms with E-state index in [0.717, 1.165) is 9.47 Å². The predicted octanol–water partition coefficient (Wildman–Crippen LogP) is 3.04. The van der Waals surface area contributed by atoms with E-state index in [4.69, 9.17) is 4.74 Å². The molecule has 0 spiro atoms. The van der Waals surface area contributed by atoms with Gasteiger partial charge < -0.3 is 15.0 Å². The lowest BCUT2D eigenvalue weighted by atomic mass is 9.97. The van der Waals surface area contributed by atoms with Crippen LogP contribution in [-0.2, 0) is 20.9 Å². The number of piperidine rings is 1. The van der Waals surface area contributed by atoms with Crippen LogP contribution in [0.15, 0.2) is 34.7 Å². The third kappa shape index (κ3) is 5.93. The number of rotatable bonds is 8. The van der Waals surface area contributed by atoms with Gasteiger partial charge in [-0.05, 0) is 25.3 Å². The first kappa shape index (κ1) is 20.6. The van der Waals surface area contributed by atoms with E-state index in [2.05, 4.69) is 15.5 Å². The van der Waals surface area contributed by atoms with E-state index in [1.54, 1.807) is 0 Å². The van der Waals surface area contributed by atoms with Gasteiger partial charge in [0.25, 0.3) is 0 Å². The van der Waals surface area contributed by atoms with Crippen molar-refractivity contribution >= 4 is 40.1 Å². The number of amides is 1. The highest BCUT2D eigenvalue weighted by Crippen LogP contribution is 2.27. The number of likely N-dealkylation sites (tertiary alicyclic amines) is 1. The first-order chi connectivity index (χ1) is 13.7. The molecule has 1 aromatic carbocycles. The molecule has 150 valence electrons. The molecule has 0 bridgehead atoms. The van der Waals surface area contributed by atoms with Crippen LogP contribution in [0, 0.1) is 5.92 Å². The number of thioether (sulfide) groups is 1. The second kappa shape index (κ2) is 10.4. The zero-order chi connectivity index (χ0) is 19.8. The van der Waals surface area contributed by atoms with Crippen LogP contribution in [0.2, 0.25) is 0 Å². The zero-order valence-electron chi connectivity index (χ0n) is 15.8. The second-order valence-corrected chi connectivity index (χ2v) is 8.61. The van der Waals surface area contributed by atoms with Gasteiger partial charge in [-0.1, -0.05) is 53.4 Å². The second-order valence-electron chi connectivity index (χ2n) is 6.41. The van der Waals surface area contributed by atoms with Crippen molar-refractivity contribution in [1.29, 1.82) is 0 Å². The first-order valence-electron chi connectivity index (χ1n) is 9.34. The van der Waals surface area contributed by atoms with Gasteiger partial charge in [-0.15, -0.1) is 10.2 Å². The van der Waals surface area contributed by atoms with Gasteiger partial charge in [-0.3, -0.25) is 9.59 Å². The minimum Gasteiger partial charge on any atom is -0.466 e. The van der Waals surface area contributed by atoms with E-state index in [-0.39, 0.29) is 17.8 Å². The molecular weight excluding hydrogens is 396 g/mol. The molecule has 1 N–H and O–H groups in total. The van der Waals surface area contributed by atoms with Gasteiger partial charge in [0.1, 0.15) is 0 Å². The molecule has 1 aliphatic heterocycles. The van der Waals surface area contributed by atoms with Crippen molar-refractivity contribution < 1.29 is 14.3 Å². The maximum absolute atomic E-state index is 12.4. The molecule has 28 heavy (non-hydrogen) atoms. The van der Waals surface area contributed by atoms with E-state index >= 15 is 0 Å². The number of aromatic nitrogens is 2. The van der Waals surface area contributed by atoms with Crippen LogP contribution in [0.1, 0.15) is 25.3 Å². The quantitative estimate of drug-likeness (QED) is 0.519. The molecular formula is C19H24N4O3S2. The summed E-state index contributed by atoms with van der Waals surface area (Å²) in [6.07, 6.45) is 1.34. The molecule has 0 radical (unpaired) electrons. The number of ether oxygens (including phenoxy) is 1. The van der Waals surface area contributed by atoms with Gasteiger partial charge in [-0.2, -0.15) is 0 Å². The predicted molar refractivity (Wildman–Crippen MR) is 110 cm³/mol. The monoisotopic (exact) mass is 420 g/mol. The number of carbonyl (C=O) groups excluding carboxylic acids is 2. The summed E-state index contributed by atoms with van der Waals surface area (Å²) < 4.78 is 5.84. The Morgan fingerprint density at radius 1 is 1.25 bits per heavy atom. The van der Waals surface area contributed by atoms with Crippen LogP contribution >= 0.6 is 23.1 Å². The normalized spacial score (nSPS) is 14.7. The fourth-order valence-corrected chi connectivity index (χ4v) is 4.60. The van der Waals surface area contributed by atoms with E-state index < -0.39 is 0 Å². The number of benzene rings is 1. The molecule has 2 aromatic rings. The zero-order valence-corrected chi connectivity index (χ0v) is 17.4. The summed E-state index contributed by atoms with van der Waals surface area (Å²) in [6, 6.07) is 10.1. The van der Waals surface area contributed by atoms with Crippen LogP contribution in [0.3, 0.4) is 0 Å². The van der Waals surface area contributed by atoms with Gasteiger partial charge in [0.15, 0.2) is 4.34 Å². The van der Waals surface area contributed by atoms with Gasteiger partial charge >= 0.3 is 5.97 Å². The summed E-state index contributed by atoms with van der Waals surface area (Å²) >= 11 is 2.85. The van der Waals surface area contributed by atoms with Crippen molar-refractivity contribution in [1.82, 2.24) is 15.1 Å². The lowest BCUT2D eigenvalue weighted by Crippen LogP contribution is -2.41. The summed E-state index contributed by atoms with van der Waals surface area (Å²) in [7, 11) is 0. The first-order valence-corrected chi connectivity index (χ1v) is 11.1. The number of nitrogens with one attached hydrogen (secondary N) is 1. The van der Waals surface area contributed by atoms with Crippen molar-refractivity contribution in [3.63, 3.8) is 0 Å². The van der Waals surface area contributed by atoms with Crippen LogP contribution < -0.4 is 5.32 Å². The molecule has 1 saturated heterocycles. The van der Waals surface area contributed by atoms with Gasteiger partial charge in [0, 0.05) is 19.6 Å². The van der Waals surface area contributed by atoms with Crippen LogP contribution in [-0.4, -0.2) is 52.4 Å². The molecule has 1 aromatic heterocycles. The highest BCUT2D eigenvalue weighted by molar-refractivity contribution is 8.01. The molecule has 0 unspecified atom stereocenters. The van der Waals surface area contributed by atoms with Crippen molar-refractivity contribution in [2.24, 2.45) is 5.92 Å². The number of carbonyl (C=O) groups is 2.